The zero-order valence-electron chi connectivity index (χ0n) is 11.0. The summed E-state index contributed by atoms with van der Waals surface area (Å²) < 4.78 is 0. The second kappa shape index (κ2) is 5.82. The molecule has 0 bridgehead atoms. The lowest BCUT2D eigenvalue weighted by Crippen LogP contribution is -2.47. The van der Waals surface area contributed by atoms with Crippen molar-refractivity contribution in [2.75, 3.05) is 38.5 Å². The fourth-order valence-electron chi connectivity index (χ4n) is 2.16. The predicted octanol–water partition coefficient (Wildman–Crippen LogP) is 0.787. The molecule has 2 rings (SSSR count). The first-order chi connectivity index (χ1) is 8.69. The molecule has 1 aliphatic rings. The molecule has 0 aliphatic carbocycles. The first-order valence-electron chi connectivity index (χ1n) is 6.30. The number of amides is 1. The van der Waals surface area contributed by atoms with E-state index in [1.54, 1.807) is 6.92 Å². The minimum absolute atomic E-state index is 0.171. The molecule has 1 saturated heterocycles. The fourth-order valence-corrected chi connectivity index (χ4v) is 2.16. The van der Waals surface area contributed by atoms with Gasteiger partial charge in [-0.15, -0.1) is 0 Å². The summed E-state index contributed by atoms with van der Waals surface area (Å²) >= 11 is 0. The maximum Gasteiger partial charge on any atom is 0.219 e. The van der Waals surface area contributed by atoms with E-state index < -0.39 is 0 Å². The third-order valence-electron chi connectivity index (χ3n) is 3.27. The summed E-state index contributed by atoms with van der Waals surface area (Å²) in [5.41, 5.74) is 1.07. The number of hydrogen-bond acceptors (Lipinski definition) is 4. The van der Waals surface area contributed by atoms with Crippen LogP contribution in [0.25, 0.3) is 0 Å². The van der Waals surface area contributed by atoms with Crippen LogP contribution in [0, 0.1) is 0 Å². The summed E-state index contributed by atoms with van der Waals surface area (Å²) in [6, 6.07) is 6.01. The molecule has 0 spiro atoms. The van der Waals surface area contributed by atoms with Gasteiger partial charge in [0.2, 0.25) is 5.91 Å². The number of pyridine rings is 1. The smallest absolute Gasteiger partial charge is 0.219 e. The van der Waals surface area contributed by atoms with Crippen LogP contribution < -0.4 is 5.32 Å². The third kappa shape index (κ3) is 3.20. The van der Waals surface area contributed by atoms with Gasteiger partial charge in [-0.05, 0) is 12.1 Å². The highest BCUT2D eigenvalue weighted by atomic mass is 16.2. The van der Waals surface area contributed by atoms with Crippen molar-refractivity contribution in [2.24, 2.45) is 0 Å². The van der Waals surface area contributed by atoms with E-state index in [0.717, 1.165) is 44.2 Å². The van der Waals surface area contributed by atoms with Gasteiger partial charge in [-0.2, -0.15) is 0 Å². The summed E-state index contributed by atoms with van der Waals surface area (Å²) in [5.74, 6) is 1.07. The van der Waals surface area contributed by atoms with Crippen LogP contribution in [0.15, 0.2) is 18.2 Å². The lowest BCUT2D eigenvalue weighted by atomic mass is 10.2. The number of nitrogens with zero attached hydrogens (tertiary/aromatic N) is 3. The number of aromatic nitrogens is 1. The second-order valence-corrected chi connectivity index (χ2v) is 4.55. The van der Waals surface area contributed by atoms with Crippen LogP contribution in [-0.2, 0) is 11.3 Å². The monoisotopic (exact) mass is 248 g/mol. The van der Waals surface area contributed by atoms with Crippen molar-refractivity contribution in [2.45, 2.75) is 13.5 Å². The van der Waals surface area contributed by atoms with Crippen LogP contribution in [0.4, 0.5) is 5.82 Å². The molecule has 18 heavy (non-hydrogen) atoms. The molecule has 0 unspecified atom stereocenters. The van der Waals surface area contributed by atoms with Crippen LogP contribution in [0.5, 0.6) is 0 Å². The van der Waals surface area contributed by atoms with Crippen LogP contribution in [0.1, 0.15) is 12.6 Å². The maximum absolute atomic E-state index is 11.2. The van der Waals surface area contributed by atoms with E-state index >= 15 is 0 Å². The second-order valence-electron chi connectivity index (χ2n) is 4.55. The van der Waals surface area contributed by atoms with Crippen molar-refractivity contribution < 1.29 is 4.79 Å². The Morgan fingerprint density at radius 2 is 2.06 bits per heavy atom. The van der Waals surface area contributed by atoms with Gasteiger partial charge in [-0.3, -0.25) is 9.69 Å². The maximum atomic E-state index is 11.2. The van der Waals surface area contributed by atoms with E-state index in [2.05, 4.69) is 15.2 Å². The number of nitrogens with one attached hydrogen (secondary N) is 1. The van der Waals surface area contributed by atoms with Crippen molar-refractivity contribution in [1.29, 1.82) is 0 Å². The molecule has 0 atom stereocenters. The number of carbonyl (C=O) groups is 1. The highest BCUT2D eigenvalue weighted by molar-refractivity contribution is 5.73. The molecule has 1 fully saturated rings. The van der Waals surface area contributed by atoms with Crippen LogP contribution in [0.2, 0.25) is 0 Å². The molecule has 0 saturated carbocycles. The zero-order chi connectivity index (χ0) is 13.0. The van der Waals surface area contributed by atoms with Crippen molar-refractivity contribution in [3.05, 3.63) is 23.9 Å². The van der Waals surface area contributed by atoms with E-state index in [1.165, 1.54) is 0 Å². The lowest BCUT2D eigenvalue weighted by Gasteiger charge is -2.33. The normalized spacial score (nSPS) is 16.7. The van der Waals surface area contributed by atoms with E-state index in [1.807, 2.05) is 30.1 Å². The third-order valence-corrected chi connectivity index (χ3v) is 3.27. The number of carbonyl (C=O) groups excluding carboxylic acids is 1. The first kappa shape index (κ1) is 12.8. The summed E-state index contributed by atoms with van der Waals surface area (Å²) in [7, 11) is 1.87. The van der Waals surface area contributed by atoms with Crippen molar-refractivity contribution in [3.8, 4) is 0 Å². The van der Waals surface area contributed by atoms with E-state index in [0.29, 0.717) is 0 Å². The number of anilines is 1. The molecule has 1 amide bonds. The topological polar surface area (TPSA) is 48.5 Å². The van der Waals surface area contributed by atoms with E-state index in [9.17, 15) is 4.79 Å². The predicted molar refractivity (Wildman–Crippen MR) is 71.3 cm³/mol. The Labute approximate surface area is 108 Å². The summed E-state index contributed by atoms with van der Waals surface area (Å²) in [6.07, 6.45) is 0. The number of hydrogen-bond donors (Lipinski definition) is 1. The van der Waals surface area contributed by atoms with Crippen molar-refractivity contribution in [1.82, 2.24) is 14.8 Å². The van der Waals surface area contributed by atoms with Crippen LogP contribution in [0.3, 0.4) is 0 Å². The highest BCUT2D eigenvalue weighted by Gasteiger charge is 2.18. The molecule has 98 valence electrons. The van der Waals surface area contributed by atoms with Crippen molar-refractivity contribution in [3.63, 3.8) is 0 Å². The summed E-state index contributed by atoms with van der Waals surface area (Å²) in [6.45, 7) is 5.97. The van der Waals surface area contributed by atoms with Gasteiger partial charge in [-0.25, -0.2) is 4.98 Å². The Hall–Kier alpha value is -1.62. The summed E-state index contributed by atoms with van der Waals surface area (Å²) in [5, 5.41) is 3.04. The number of rotatable bonds is 3. The minimum atomic E-state index is 0.171. The molecule has 5 nitrogen and oxygen atoms in total. The SMILES string of the molecule is CNc1cccc(CN2CCN(C(C)=O)CC2)n1. The zero-order valence-corrected chi connectivity index (χ0v) is 11.0. The molecule has 5 heteroatoms. The van der Waals surface area contributed by atoms with Gasteiger partial charge in [-0.1, -0.05) is 6.07 Å². The van der Waals surface area contributed by atoms with Crippen molar-refractivity contribution >= 4 is 11.7 Å². The molecule has 1 aromatic heterocycles. The molecule has 0 aromatic carbocycles. The Morgan fingerprint density at radius 3 is 2.67 bits per heavy atom. The average Bonchev–Trinajstić information content (AvgIpc) is 2.39. The summed E-state index contributed by atoms with van der Waals surface area (Å²) in [4.78, 5) is 20.0. The lowest BCUT2D eigenvalue weighted by molar-refractivity contribution is -0.130. The van der Waals surface area contributed by atoms with Crippen LogP contribution >= 0.6 is 0 Å². The minimum Gasteiger partial charge on any atom is -0.373 e. The largest absolute Gasteiger partial charge is 0.373 e. The fraction of sp³-hybridized carbons (Fsp3) is 0.538. The Morgan fingerprint density at radius 1 is 1.33 bits per heavy atom. The van der Waals surface area contributed by atoms with Gasteiger partial charge in [0.05, 0.1) is 5.69 Å². The highest BCUT2D eigenvalue weighted by Crippen LogP contribution is 2.09. The molecule has 1 aliphatic heterocycles. The molecule has 1 aromatic rings. The molecule has 1 N–H and O–H groups in total. The van der Waals surface area contributed by atoms with Gasteiger partial charge >= 0.3 is 0 Å². The Balaban J connectivity index is 1.89. The van der Waals surface area contributed by atoms with E-state index in [-0.39, 0.29) is 5.91 Å². The molecule has 0 radical (unpaired) electrons. The van der Waals surface area contributed by atoms with Gasteiger partial charge in [0.25, 0.3) is 0 Å². The first-order valence-corrected chi connectivity index (χ1v) is 6.30. The molecular weight excluding hydrogens is 228 g/mol. The Bertz CT molecular complexity index is 413. The standard InChI is InChI=1S/C13H20N4O/c1-11(18)17-8-6-16(7-9-17)10-12-4-3-5-13(14-2)15-12/h3-5H,6-10H2,1-2H3,(H,14,15). The van der Waals surface area contributed by atoms with E-state index in [4.69, 9.17) is 0 Å². The van der Waals surface area contributed by atoms with Gasteiger partial charge in [0, 0.05) is 46.7 Å². The van der Waals surface area contributed by atoms with Gasteiger partial charge < -0.3 is 10.2 Å². The molecule has 2 heterocycles. The van der Waals surface area contributed by atoms with Crippen LogP contribution in [-0.4, -0.2) is 53.9 Å². The molecular formula is C13H20N4O. The van der Waals surface area contributed by atoms with Gasteiger partial charge in [0.15, 0.2) is 0 Å². The van der Waals surface area contributed by atoms with Gasteiger partial charge in [0.1, 0.15) is 5.82 Å². The number of piperazine rings is 1. The quantitative estimate of drug-likeness (QED) is 0.859. The Kier molecular flexibility index (Phi) is 4.15. The average molecular weight is 248 g/mol.